The van der Waals surface area contributed by atoms with Crippen molar-refractivity contribution in [3.63, 3.8) is 0 Å². The topological polar surface area (TPSA) is 9.23 Å². The van der Waals surface area contributed by atoms with Gasteiger partial charge in [0, 0.05) is 20.6 Å². The van der Waals surface area contributed by atoms with Gasteiger partial charge in [-0.15, -0.1) is 0 Å². The van der Waals surface area contributed by atoms with E-state index in [1.807, 2.05) is 18.2 Å². The molecular formula is C14H9Br4FO. The maximum absolute atomic E-state index is 13.6. The molecule has 106 valence electrons. The van der Waals surface area contributed by atoms with Gasteiger partial charge in [0.25, 0.3) is 0 Å². The van der Waals surface area contributed by atoms with E-state index in [0.29, 0.717) is 10.2 Å². The molecule has 0 aromatic heterocycles. The number of alkyl halides is 1. The lowest BCUT2D eigenvalue weighted by molar-refractivity contribution is 0.406. The molecule has 0 saturated heterocycles. The monoisotopic (exact) mass is 528 g/mol. The molecule has 0 N–H and O–H groups in total. The van der Waals surface area contributed by atoms with Gasteiger partial charge in [0.1, 0.15) is 11.6 Å². The molecular weight excluding hydrogens is 523 g/mol. The van der Waals surface area contributed by atoms with Gasteiger partial charge in [-0.25, -0.2) is 4.39 Å². The van der Waals surface area contributed by atoms with Crippen LogP contribution in [-0.4, -0.2) is 7.11 Å². The van der Waals surface area contributed by atoms with E-state index in [0.717, 1.165) is 20.1 Å². The molecule has 6 heteroatoms. The van der Waals surface area contributed by atoms with E-state index in [9.17, 15) is 4.39 Å². The molecule has 2 aromatic rings. The van der Waals surface area contributed by atoms with Crippen LogP contribution in [0.1, 0.15) is 16.0 Å². The second-order valence-corrected chi connectivity index (χ2v) is 7.58. The molecule has 1 nitrogen and oxygen atoms in total. The Morgan fingerprint density at radius 1 is 1.00 bits per heavy atom. The Labute approximate surface area is 150 Å². The highest BCUT2D eigenvalue weighted by atomic mass is 79.9. The first-order valence-corrected chi connectivity index (χ1v) is 8.85. The summed E-state index contributed by atoms with van der Waals surface area (Å²) in [7, 11) is 1.53. The van der Waals surface area contributed by atoms with Crippen LogP contribution in [0.25, 0.3) is 0 Å². The van der Waals surface area contributed by atoms with E-state index in [2.05, 4.69) is 63.7 Å². The van der Waals surface area contributed by atoms with Crippen LogP contribution in [0.2, 0.25) is 0 Å². The fourth-order valence-corrected chi connectivity index (χ4v) is 4.49. The van der Waals surface area contributed by atoms with Gasteiger partial charge in [-0.05, 0) is 39.7 Å². The second kappa shape index (κ2) is 6.90. The summed E-state index contributed by atoms with van der Waals surface area (Å²) in [6.45, 7) is 0. The van der Waals surface area contributed by atoms with Crippen molar-refractivity contribution in [3.05, 3.63) is 60.7 Å². The minimum atomic E-state index is -0.347. The molecule has 1 atom stereocenters. The first-order chi connectivity index (χ1) is 9.43. The molecule has 0 amide bonds. The van der Waals surface area contributed by atoms with Crippen LogP contribution in [0.4, 0.5) is 4.39 Å². The molecule has 0 heterocycles. The lowest BCUT2D eigenvalue weighted by atomic mass is 10.0. The van der Waals surface area contributed by atoms with Gasteiger partial charge in [0.05, 0.1) is 16.4 Å². The van der Waals surface area contributed by atoms with Crippen molar-refractivity contribution >= 4 is 63.7 Å². The molecule has 0 aliphatic rings. The average Bonchev–Trinajstić information content (AvgIpc) is 2.40. The van der Waals surface area contributed by atoms with E-state index < -0.39 is 0 Å². The Bertz CT molecular complexity index is 645. The first-order valence-electron chi connectivity index (χ1n) is 5.56. The highest BCUT2D eigenvalue weighted by Gasteiger charge is 2.20. The van der Waals surface area contributed by atoms with Crippen LogP contribution in [0, 0.1) is 5.82 Å². The summed E-state index contributed by atoms with van der Waals surface area (Å²) < 4.78 is 21.2. The third kappa shape index (κ3) is 3.46. The minimum absolute atomic E-state index is 0.114. The molecule has 0 aliphatic heterocycles. The van der Waals surface area contributed by atoms with Crippen LogP contribution >= 0.6 is 63.7 Å². The summed E-state index contributed by atoms with van der Waals surface area (Å²) in [5.41, 5.74) is 1.88. The Morgan fingerprint density at radius 3 is 2.30 bits per heavy atom. The van der Waals surface area contributed by atoms with Gasteiger partial charge in [0.2, 0.25) is 0 Å². The zero-order chi connectivity index (χ0) is 14.9. The van der Waals surface area contributed by atoms with Gasteiger partial charge in [0.15, 0.2) is 0 Å². The molecule has 0 aliphatic carbocycles. The number of methoxy groups -OCH3 is 1. The van der Waals surface area contributed by atoms with Crippen LogP contribution in [0.15, 0.2) is 43.7 Å². The van der Waals surface area contributed by atoms with E-state index in [4.69, 9.17) is 4.74 Å². The third-order valence-electron chi connectivity index (χ3n) is 2.78. The van der Waals surface area contributed by atoms with E-state index in [-0.39, 0.29) is 10.6 Å². The Balaban J connectivity index is 2.52. The van der Waals surface area contributed by atoms with E-state index >= 15 is 0 Å². The van der Waals surface area contributed by atoms with Crippen LogP contribution < -0.4 is 4.74 Å². The number of rotatable bonds is 3. The van der Waals surface area contributed by atoms with Crippen molar-refractivity contribution in [2.24, 2.45) is 0 Å². The maximum atomic E-state index is 13.6. The molecule has 0 fully saturated rings. The van der Waals surface area contributed by atoms with Gasteiger partial charge >= 0.3 is 0 Å². The van der Waals surface area contributed by atoms with Gasteiger partial charge in [-0.2, -0.15) is 0 Å². The van der Waals surface area contributed by atoms with Crippen LogP contribution in [-0.2, 0) is 0 Å². The predicted octanol–water partition coefficient (Wildman–Crippen LogP) is 6.61. The highest BCUT2D eigenvalue weighted by Crippen LogP contribution is 2.42. The number of hydrogen-bond acceptors (Lipinski definition) is 1. The summed E-state index contributed by atoms with van der Waals surface area (Å²) in [4.78, 5) is -0.114. The first kappa shape index (κ1) is 16.5. The third-order valence-corrected chi connectivity index (χ3v) is 5.56. The molecule has 20 heavy (non-hydrogen) atoms. The van der Waals surface area contributed by atoms with Gasteiger partial charge in [-0.3, -0.25) is 0 Å². The van der Waals surface area contributed by atoms with Crippen LogP contribution in [0.3, 0.4) is 0 Å². The lowest BCUT2D eigenvalue weighted by Gasteiger charge is -2.17. The smallest absolute Gasteiger partial charge is 0.141 e. The van der Waals surface area contributed by atoms with Gasteiger partial charge in [-0.1, -0.05) is 53.9 Å². The largest absolute Gasteiger partial charge is 0.496 e. The molecule has 0 saturated carbocycles. The molecule has 0 spiro atoms. The summed E-state index contributed by atoms with van der Waals surface area (Å²) in [5.74, 6) is 0.155. The summed E-state index contributed by atoms with van der Waals surface area (Å²) in [6.07, 6.45) is 0. The lowest BCUT2D eigenvalue weighted by Crippen LogP contribution is -1.99. The normalized spacial score (nSPS) is 12.3. The number of benzene rings is 2. The molecule has 2 aromatic carbocycles. The minimum Gasteiger partial charge on any atom is -0.496 e. The quantitative estimate of drug-likeness (QED) is 0.405. The number of halogens is 5. The van der Waals surface area contributed by atoms with E-state index in [1.165, 1.54) is 13.2 Å². The summed E-state index contributed by atoms with van der Waals surface area (Å²) in [6, 6.07) is 9.01. The molecule has 0 radical (unpaired) electrons. The highest BCUT2D eigenvalue weighted by molar-refractivity contribution is 9.11. The van der Waals surface area contributed by atoms with Crippen molar-refractivity contribution in [2.45, 2.75) is 4.83 Å². The van der Waals surface area contributed by atoms with Crippen molar-refractivity contribution in [1.29, 1.82) is 0 Å². The summed E-state index contributed by atoms with van der Waals surface area (Å²) >= 11 is 13.8. The molecule has 1 unspecified atom stereocenters. The zero-order valence-electron chi connectivity index (χ0n) is 10.3. The van der Waals surface area contributed by atoms with Crippen molar-refractivity contribution in [2.75, 3.05) is 7.11 Å². The second-order valence-electron chi connectivity index (χ2n) is 4.04. The van der Waals surface area contributed by atoms with Gasteiger partial charge < -0.3 is 4.74 Å². The Kier molecular flexibility index (Phi) is 5.68. The zero-order valence-corrected chi connectivity index (χ0v) is 16.6. The Morgan fingerprint density at radius 2 is 1.70 bits per heavy atom. The van der Waals surface area contributed by atoms with E-state index in [1.54, 1.807) is 6.07 Å². The average molecular weight is 532 g/mol. The predicted molar refractivity (Wildman–Crippen MR) is 93.3 cm³/mol. The fourth-order valence-electron chi connectivity index (χ4n) is 1.79. The molecule has 2 rings (SSSR count). The Hall–Kier alpha value is 0.0900. The fraction of sp³-hybridized carbons (Fsp3) is 0.143. The van der Waals surface area contributed by atoms with Crippen LogP contribution in [0.5, 0.6) is 5.75 Å². The number of hydrogen-bond donors (Lipinski definition) is 0. The van der Waals surface area contributed by atoms with Crippen molar-refractivity contribution < 1.29 is 9.13 Å². The number of ether oxygens (including phenoxy) is 1. The molecule has 0 bridgehead atoms. The summed E-state index contributed by atoms with van der Waals surface area (Å²) in [5, 5.41) is 0. The van der Waals surface area contributed by atoms with Crippen molar-refractivity contribution in [1.82, 2.24) is 0 Å². The van der Waals surface area contributed by atoms with Crippen molar-refractivity contribution in [3.8, 4) is 5.75 Å². The maximum Gasteiger partial charge on any atom is 0.141 e. The SMILES string of the molecule is COc1cc(F)c(Br)cc1C(Br)c1ccc(Br)cc1Br. The standard InChI is InChI=1S/C14H9Br4FO/c1-20-13-6-12(19)11(17)5-9(13)14(18)8-3-2-7(15)4-10(8)16/h2-6,14H,1H3.